The summed E-state index contributed by atoms with van der Waals surface area (Å²) in [5.41, 5.74) is 0. The van der Waals surface area contributed by atoms with Crippen LogP contribution in [0.1, 0.15) is 6.92 Å². The summed E-state index contributed by atoms with van der Waals surface area (Å²) >= 11 is 0. The van der Waals surface area contributed by atoms with Gasteiger partial charge in [0, 0.05) is 65.5 Å². The first-order chi connectivity index (χ1) is 9.22. The fraction of sp³-hybridized carbons (Fsp3) is 0.923. The Morgan fingerprint density at radius 1 is 1.37 bits per heavy atom. The van der Waals surface area contributed by atoms with Gasteiger partial charge < -0.3 is 15.4 Å². The number of hydrogen-bond acceptors (Lipinski definition) is 4. The minimum Gasteiger partial charge on any atom is -0.383 e. The lowest BCUT2D eigenvalue weighted by Crippen LogP contribution is -2.64. The van der Waals surface area contributed by atoms with Crippen molar-refractivity contribution in [1.29, 1.82) is 0 Å². The molecular formula is C13H27N5O. The molecule has 0 radical (unpaired) electrons. The number of methoxy groups -OCH3 is 1. The number of fused-ring (bicyclic) bond motifs is 3. The van der Waals surface area contributed by atoms with E-state index < -0.39 is 0 Å². The van der Waals surface area contributed by atoms with Gasteiger partial charge in [0.1, 0.15) is 0 Å². The van der Waals surface area contributed by atoms with Crippen molar-refractivity contribution in [1.82, 2.24) is 20.4 Å². The molecule has 0 aromatic heterocycles. The van der Waals surface area contributed by atoms with E-state index in [2.05, 4.69) is 32.3 Å². The largest absolute Gasteiger partial charge is 0.383 e. The molecule has 3 aliphatic heterocycles. The number of rotatable bonds is 5. The highest BCUT2D eigenvalue weighted by Gasteiger charge is 2.31. The first-order valence-electron chi connectivity index (χ1n) is 7.15. The van der Waals surface area contributed by atoms with Crippen molar-refractivity contribution in [2.24, 2.45) is 4.99 Å². The van der Waals surface area contributed by atoms with Crippen LogP contribution in [0.3, 0.4) is 0 Å². The Morgan fingerprint density at radius 2 is 2.11 bits per heavy atom. The summed E-state index contributed by atoms with van der Waals surface area (Å²) in [5.74, 6) is 0.863. The molecule has 6 heteroatoms. The molecule has 0 aromatic rings. The molecule has 3 aliphatic rings. The van der Waals surface area contributed by atoms with Crippen LogP contribution in [0.4, 0.5) is 0 Å². The number of guanidine groups is 1. The molecule has 0 aromatic carbocycles. The maximum atomic E-state index is 5.12. The van der Waals surface area contributed by atoms with E-state index in [0.717, 1.165) is 12.5 Å². The SMILES string of the molecule is CN=C(NCC1CN2CCN1CC2)NC(C)COC. The van der Waals surface area contributed by atoms with Crippen LogP contribution in [0.2, 0.25) is 0 Å². The zero-order chi connectivity index (χ0) is 13.7. The van der Waals surface area contributed by atoms with Crippen LogP contribution in [-0.4, -0.2) is 87.9 Å². The Bertz CT molecular complexity index is 301. The molecule has 3 fully saturated rings. The third kappa shape index (κ3) is 4.06. The molecule has 2 unspecified atom stereocenters. The van der Waals surface area contributed by atoms with E-state index in [1.165, 1.54) is 32.7 Å². The van der Waals surface area contributed by atoms with Crippen molar-refractivity contribution in [3.8, 4) is 0 Å². The maximum absolute atomic E-state index is 5.12. The van der Waals surface area contributed by atoms with Crippen LogP contribution >= 0.6 is 0 Å². The van der Waals surface area contributed by atoms with Gasteiger partial charge in [-0.15, -0.1) is 0 Å². The molecule has 0 aliphatic carbocycles. The molecular weight excluding hydrogens is 242 g/mol. The van der Waals surface area contributed by atoms with Gasteiger partial charge >= 0.3 is 0 Å². The summed E-state index contributed by atoms with van der Waals surface area (Å²) in [5, 5.41) is 6.76. The summed E-state index contributed by atoms with van der Waals surface area (Å²) in [6.07, 6.45) is 0. The topological polar surface area (TPSA) is 52.1 Å². The van der Waals surface area contributed by atoms with Gasteiger partial charge in [-0.05, 0) is 6.92 Å². The van der Waals surface area contributed by atoms with Crippen molar-refractivity contribution in [2.45, 2.75) is 19.0 Å². The molecule has 6 nitrogen and oxygen atoms in total. The van der Waals surface area contributed by atoms with Crippen molar-refractivity contribution in [3.05, 3.63) is 0 Å². The monoisotopic (exact) mass is 269 g/mol. The van der Waals surface area contributed by atoms with Crippen molar-refractivity contribution in [2.75, 3.05) is 60.0 Å². The molecule has 0 spiro atoms. The van der Waals surface area contributed by atoms with E-state index in [0.29, 0.717) is 12.6 Å². The van der Waals surface area contributed by atoms with E-state index in [1.54, 1.807) is 7.11 Å². The second kappa shape index (κ2) is 7.07. The Balaban J connectivity index is 1.74. The molecule has 3 saturated heterocycles. The molecule has 3 rings (SSSR count). The van der Waals surface area contributed by atoms with Gasteiger partial charge in [-0.25, -0.2) is 0 Å². The number of aliphatic imine (C=N–C) groups is 1. The Hall–Kier alpha value is -0.850. The molecule has 110 valence electrons. The number of nitrogens with zero attached hydrogens (tertiary/aromatic N) is 3. The number of hydrogen-bond donors (Lipinski definition) is 2. The highest BCUT2D eigenvalue weighted by molar-refractivity contribution is 5.79. The van der Waals surface area contributed by atoms with E-state index in [1.807, 2.05) is 7.05 Å². The fourth-order valence-corrected chi connectivity index (χ4v) is 2.85. The van der Waals surface area contributed by atoms with Crippen LogP contribution in [0.25, 0.3) is 0 Å². The lowest BCUT2D eigenvalue weighted by molar-refractivity contribution is 0.0154. The van der Waals surface area contributed by atoms with Gasteiger partial charge in [0.2, 0.25) is 0 Å². The van der Waals surface area contributed by atoms with Crippen LogP contribution in [-0.2, 0) is 4.74 Å². The van der Waals surface area contributed by atoms with E-state index in [-0.39, 0.29) is 6.04 Å². The summed E-state index contributed by atoms with van der Waals surface area (Å²) in [6, 6.07) is 0.877. The van der Waals surface area contributed by atoms with E-state index in [9.17, 15) is 0 Å². The van der Waals surface area contributed by atoms with Crippen molar-refractivity contribution >= 4 is 5.96 Å². The molecule has 0 saturated carbocycles. The van der Waals surface area contributed by atoms with Crippen LogP contribution in [0.15, 0.2) is 4.99 Å². The highest BCUT2D eigenvalue weighted by atomic mass is 16.5. The predicted molar refractivity (Wildman–Crippen MR) is 77.6 cm³/mol. The van der Waals surface area contributed by atoms with E-state index >= 15 is 0 Å². The fourth-order valence-electron chi connectivity index (χ4n) is 2.85. The van der Waals surface area contributed by atoms with Gasteiger partial charge in [0.05, 0.1) is 6.61 Å². The quantitative estimate of drug-likeness (QED) is 0.505. The Morgan fingerprint density at radius 3 is 2.63 bits per heavy atom. The number of ether oxygens (including phenoxy) is 1. The van der Waals surface area contributed by atoms with E-state index in [4.69, 9.17) is 4.74 Å². The van der Waals surface area contributed by atoms with Crippen LogP contribution < -0.4 is 10.6 Å². The smallest absolute Gasteiger partial charge is 0.191 e. The minimum atomic E-state index is 0.267. The second-order valence-corrected chi connectivity index (χ2v) is 5.44. The van der Waals surface area contributed by atoms with Crippen LogP contribution in [0, 0.1) is 0 Å². The van der Waals surface area contributed by atoms with Gasteiger partial charge in [0.25, 0.3) is 0 Å². The van der Waals surface area contributed by atoms with Gasteiger partial charge in [-0.2, -0.15) is 0 Å². The lowest BCUT2D eigenvalue weighted by atomic mass is 10.1. The van der Waals surface area contributed by atoms with Gasteiger partial charge in [0.15, 0.2) is 5.96 Å². The summed E-state index contributed by atoms with van der Waals surface area (Å²) in [6.45, 7) is 9.78. The highest BCUT2D eigenvalue weighted by Crippen LogP contribution is 2.14. The van der Waals surface area contributed by atoms with Crippen molar-refractivity contribution < 1.29 is 4.74 Å². The first-order valence-corrected chi connectivity index (χ1v) is 7.15. The molecule has 3 heterocycles. The molecule has 2 atom stereocenters. The van der Waals surface area contributed by atoms with Gasteiger partial charge in [-0.1, -0.05) is 0 Å². The van der Waals surface area contributed by atoms with Gasteiger partial charge in [-0.3, -0.25) is 14.8 Å². The number of nitrogens with one attached hydrogen (secondary N) is 2. The molecule has 19 heavy (non-hydrogen) atoms. The van der Waals surface area contributed by atoms with Crippen molar-refractivity contribution in [3.63, 3.8) is 0 Å². The minimum absolute atomic E-state index is 0.267. The number of piperazine rings is 3. The maximum Gasteiger partial charge on any atom is 0.191 e. The average Bonchev–Trinajstić information content (AvgIpc) is 2.45. The molecule has 0 amide bonds. The Labute approximate surface area is 116 Å². The standard InChI is InChI=1S/C13H27N5O/c1-11(10-19-3)16-13(14-2)15-8-12-9-17-4-6-18(12)7-5-17/h11-12H,4-10H2,1-3H3,(H2,14,15,16). The third-order valence-corrected chi connectivity index (χ3v) is 3.92. The first kappa shape index (κ1) is 14.6. The molecule has 2 bridgehead atoms. The molecule has 2 N–H and O–H groups in total. The zero-order valence-electron chi connectivity index (χ0n) is 12.4. The summed E-state index contributed by atoms with van der Waals surface area (Å²) < 4.78 is 5.12. The van der Waals surface area contributed by atoms with Crippen LogP contribution in [0.5, 0.6) is 0 Å². The average molecular weight is 269 g/mol. The lowest BCUT2D eigenvalue weighted by Gasteiger charge is -2.47. The normalized spacial score (nSPS) is 32.2. The second-order valence-electron chi connectivity index (χ2n) is 5.44. The summed E-state index contributed by atoms with van der Waals surface area (Å²) in [7, 11) is 3.53. The Kier molecular flexibility index (Phi) is 5.42. The third-order valence-electron chi connectivity index (χ3n) is 3.92. The summed E-state index contributed by atoms with van der Waals surface area (Å²) in [4.78, 5) is 9.40. The predicted octanol–water partition coefficient (Wildman–Crippen LogP) is -0.814. The zero-order valence-corrected chi connectivity index (χ0v) is 12.4.